The Morgan fingerprint density at radius 1 is 0.962 bits per heavy atom. The summed E-state index contributed by atoms with van der Waals surface area (Å²) in [5.74, 6) is 0. The third-order valence-electron chi connectivity index (χ3n) is 5.02. The normalized spacial score (nSPS) is 30.4. The maximum atomic E-state index is 10.3. The summed E-state index contributed by atoms with van der Waals surface area (Å²) in [5, 5.41) is 10.3. The zero-order valence-corrected chi connectivity index (χ0v) is 14.6. The van der Waals surface area contributed by atoms with Crippen LogP contribution in [0.2, 0.25) is 0 Å². The third-order valence-corrected chi connectivity index (χ3v) is 5.02. The highest BCUT2D eigenvalue weighted by atomic mass is 16.7. The molecule has 1 N–H and O–H groups in total. The van der Waals surface area contributed by atoms with E-state index in [-0.39, 0.29) is 6.10 Å². The largest absolute Gasteiger partial charge is 0.374 e. The molecule has 2 bridgehead atoms. The zero-order chi connectivity index (χ0) is 17.8. The standard InChI is InChI=1S/C21H24O5/c22-20-18-19(25-14-17-9-5-2-6-10-17)21(26-20,11-12-24-18)15-23-13-16-7-3-1-4-8-16/h1-10,18-20,22H,11-15H2/t18-,19+,20-,21-/m1/s1. The van der Waals surface area contributed by atoms with Crippen molar-refractivity contribution in [3.05, 3.63) is 71.8 Å². The van der Waals surface area contributed by atoms with Gasteiger partial charge in [0.15, 0.2) is 6.29 Å². The first-order valence-corrected chi connectivity index (χ1v) is 9.02. The van der Waals surface area contributed by atoms with Gasteiger partial charge >= 0.3 is 0 Å². The topological polar surface area (TPSA) is 57.2 Å². The Hall–Kier alpha value is -1.76. The number of aliphatic hydroxyl groups excluding tert-OH is 1. The van der Waals surface area contributed by atoms with Crippen LogP contribution >= 0.6 is 0 Å². The average Bonchev–Trinajstić information content (AvgIpc) is 2.82. The molecule has 138 valence electrons. The van der Waals surface area contributed by atoms with Crippen molar-refractivity contribution in [2.24, 2.45) is 0 Å². The SMILES string of the molecule is O[C@@H]1O[C@@]2(COCc3ccccc3)CCO[C@@H]1[C@@H]2OCc1ccccc1. The lowest BCUT2D eigenvalue weighted by atomic mass is 9.90. The van der Waals surface area contributed by atoms with Gasteiger partial charge in [0.2, 0.25) is 0 Å². The molecule has 0 unspecified atom stereocenters. The minimum absolute atomic E-state index is 0.359. The van der Waals surface area contributed by atoms with E-state index in [0.29, 0.717) is 32.8 Å². The first-order valence-electron chi connectivity index (χ1n) is 9.02. The summed E-state index contributed by atoms with van der Waals surface area (Å²) < 4.78 is 23.7. The summed E-state index contributed by atoms with van der Waals surface area (Å²) in [6.07, 6.45) is -1.19. The summed E-state index contributed by atoms with van der Waals surface area (Å²) >= 11 is 0. The van der Waals surface area contributed by atoms with E-state index < -0.39 is 18.0 Å². The van der Waals surface area contributed by atoms with Gasteiger partial charge in [-0.1, -0.05) is 60.7 Å². The van der Waals surface area contributed by atoms with Gasteiger partial charge < -0.3 is 24.1 Å². The van der Waals surface area contributed by atoms with Gasteiger partial charge in [-0.15, -0.1) is 0 Å². The summed E-state index contributed by atoms with van der Waals surface area (Å²) in [6, 6.07) is 20.0. The third kappa shape index (κ3) is 3.68. The van der Waals surface area contributed by atoms with E-state index >= 15 is 0 Å². The lowest BCUT2D eigenvalue weighted by Gasteiger charge is -2.38. The van der Waals surface area contributed by atoms with Gasteiger partial charge in [-0.2, -0.15) is 0 Å². The second-order valence-electron chi connectivity index (χ2n) is 6.85. The lowest BCUT2D eigenvalue weighted by molar-refractivity contribution is -0.187. The van der Waals surface area contributed by atoms with Crippen LogP contribution in [0.25, 0.3) is 0 Å². The van der Waals surface area contributed by atoms with Crippen LogP contribution in [-0.2, 0) is 32.2 Å². The molecule has 2 aromatic carbocycles. The summed E-state index contributed by atoms with van der Waals surface area (Å²) in [5.41, 5.74) is 1.51. The van der Waals surface area contributed by atoms with Crippen LogP contribution in [0, 0.1) is 0 Å². The fourth-order valence-electron chi connectivity index (χ4n) is 3.67. The van der Waals surface area contributed by atoms with Gasteiger partial charge in [-0.3, -0.25) is 0 Å². The van der Waals surface area contributed by atoms with Gasteiger partial charge in [-0.25, -0.2) is 0 Å². The second kappa shape index (κ2) is 7.86. The minimum atomic E-state index is -0.987. The molecule has 2 saturated heterocycles. The molecule has 0 aliphatic carbocycles. The predicted octanol–water partition coefficient (Wildman–Crippen LogP) is 2.66. The van der Waals surface area contributed by atoms with Gasteiger partial charge in [0.25, 0.3) is 0 Å². The van der Waals surface area contributed by atoms with Crippen LogP contribution in [0.5, 0.6) is 0 Å². The van der Waals surface area contributed by atoms with E-state index in [1.807, 2.05) is 60.7 Å². The first kappa shape index (κ1) is 17.6. The van der Waals surface area contributed by atoms with Gasteiger partial charge in [0.1, 0.15) is 17.8 Å². The molecule has 2 aliphatic heterocycles. The molecule has 0 radical (unpaired) electrons. The van der Waals surface area contributed by atoms with Crippen molar-refractivity contribution in [1.29, 1.82) is 0 Å². The molecule has 0 saturated carbocycles. The van der Waals surface area contributed by atoms with Crippen molar-refractivity contribution in [2.45, 2.75) is 43.7 Å². The van der Waals surface area contributed by atoms with Gasteiger partial charge in [0.05, 0.1) is 26.4 Å². The Bertz CT molecular complexity index is 692. The van der Waals surface area contributed by atoms with Crippen LogP contribution in [0.1, 0.15) is 17.5 Å². The molecule has 2 aromatic rings. The van der Waals surface area contributed by atoms with Gasteiger partial charge in [-0.05, 0) is 11.1 Å². The Balaban J connectivity index is 1.42. The molecule has 5 nitrogen and oxygen atoms in total. The number of aliphatic hydroxyl groups is 1. The molecular formula is C21H24O5. The maximum Gasteiger partial charge on any atom is 0.184 e. The summed E-state index contributed by atoms with van der Waals surface area (Å²) in [7, 11) is 0. The highest BCUT2D eigenvalue weighted by Gasteiger charge is 2.59. The Kier molecular flexibility index (Phi) is 5.33. The van der Waals surface area contributed by atoms with Crippen LogP contribution in [0.4, 0.5) is 0 Å². The van der Waals surface area contributed by atoms with E-state index in [1.54, 1.807) is 0 Å². The van der Waals surface area contributed by atoms with Crippen molar-refractivity contribution < 1.29 is 24.1 Å². The molecule has 0 amide bonds. The van der Waals surface area contributed by atoms with E-state index in [1.165, 1.54) is 0 Å². The summed E-state index contributed by atoms with van der Waals surface area (Å²) in [6.45, 7) is 1.83. The van der Waals surface area contributed by atoms with E-state index in [0.717, 1.165) is 11.1 Å². The molecule has 5 heteroatoms. The zero-order valence-electron chi connectivity index (χ0n) is 14.6. The monoisotopic (exact) mass is 356 g/mol. The van der Waals surface area contributed by atoms with Crippen molar-refractivity contribution in [3.63, 3.8) is 0 Å². The molecule has 0 aromatic heterocycles. The maximum absolute atomic E-state index is 10.3. The summed E-state index contributed by atoms with van der Waals surface area (Å²) in [4.78, 5) is 0. The molecule has 26 heavy (non-hydrogen) atoms. The number of rotatable bonds is 7. The molecule has 4 atom stereocenters. The number of ether oxygens (including phenoxy) is 4. The van der Waals surface area contributed by atoms with Crippen LogP contribution in [0.3, 0.4) is 0 Å². The number of benzene rings is 2. The number of hydrogen-bond acceptors (Lipinski definition) is 5. The van der Waals surface area contributed by atoms with E-state index in [2.05, 4.69) is 0 Å². The van der Waals surface area contributed by atoms with E-state index in [4.69, 9.17) is 18.9 Å². The first-order chi connectivity index (χ1) is 12.8. The second-order valence-corrected chi connectivity index (χ2v) is 6.85. The highest BCUT2D eigenvalue weighted by molar-refractivity contribution is 5.15. The van der Waals surface area contributed by atoms with Crippen molar-refractivity contribution in [2.75, 3.05) is 13.2 Å². The Morgan fingerprint density at radius 3 is 2.31 bits per heavy atom. The van der Waals surface area contributed by atoms with Crippen LogP contribution in [-0.4, -0.2) is 42.4 Å². The van der Waals surface area contributed by atoms with Gasteiger partial charge in [0, 0.05) is 6.42 Å². The van der Waals surface area contributed by atoms with Crippen molar-refractivity contribution >= 4 is 0 Å². The lowest BCUT2D eigenvalue weighted by Crippen LogP contribution is -2.53. The predicted molar refractivity (Wildman–Crippen MR) is 95.3 cm³/mol. The molecule has 2 heterocycles. The molecule has 2 fully saturated rings. The van der Waals surface area contributed by atoms with Crippen LogP contribution in [0.15, 0.2) is 60.7 Å². The fourth-order valence-corrected chi connectivity index (χ4v) is 3.67. The Morgan fingerprint density at radius 2 is 1.62 bits per heavy atom. The number of hydrogen-bond donors (Lipinski definition) is 1. The molecule has 4 rings (SSSR count). The fraction of sp³-hybridized carbons (Fsp3) is 0.429. The van der Waals surface area contributed by atoms with E-state index in [9.17, 15) is 5.11 Å². The molecule has 2 aliphatic rings. The molecule has 0 spiro atoms. The van der Waals surface area contributed by atoms with Crippen molar-refractivity contribution in [1.82, 2.24) is 0 Å². The highest BCUT2D eigenvalue weighted by Crippen LogP contribution is 2.41. The number of fused-ring (bicyclic) bond motifs is 2. The minimum Gasteiger partial charge on any atom is -0.374 e. The molecular weight excluding hydrogens is 332 g/mol. The average molecular weight is 356 g/mol. The Labute approximate surface area is 153 Å². The van der Waals surface area contributed by atoms with Crippen molar-refractivity contribution in [3.8, 4) is 0 Å². The van der Waals surface area contributed by atoms with Crippen LogP contribution < -0.4 is 0 Å². The smallest absolute Gasteiger partial charge is 0.184 e. The quantitative estimate of drug-likeness (QED) is 0.827.